The minimum atomic E-state index is 0.312. The number of hydrogen-bond acceptors (Lipinski definition) is 2. The SMILES string of the molecule is Nc1ccc(OCc2c(Cl)cccc2Cl)c2ccccc12. The second-order valence-corrected chi connectivity index (χ2v) is 5.50. The van der Waals surface area contributed by atoms with Crippen molar-refractivity contribution >= 4 is 39.7 Å². The Labute approximate surface area is 133 Å². The van der Waals surface area contributed by atoms with E-state index in [1.54, 1.807) is 12.1 Å². The van der Waals surface area contributed by atoms with Gasteiger partial charge in [-0.25, -0.2) is 0 Å². The highest BCUT2D eigenvalue weighted by atomic mass is 35.5. The maximum absolute atomic E-state index is 6.15. The fraction of sp³-hybridized carbons (Fsp3) is 0.0588. The highest BCUT2D eigenvalue weighted by molar-refractivity contribution is 6.35. The molecule has 0 atom stereocenters. The summed E-state index contributed by atoms with van der Waals surface area (Å²) in [6.45, 7) is 0.312. The Morgan fingerprint density at radius 3 is 2.19 bits per heavy atom. The number of anilines is 1. The molecule has 3 aromatic rings. The van der Waals surface area contributed by atoms with E-state index < -0.39 is 0 Å². The second-order valence-electron chi connectivity index (χ2n) is 4.69. The zero-order valence-electron chi connectivity index (χ0n) is 11.1. The van der Waals surface area contributed by atoms with Crippen LogP contribution in [0.2, 0.25) is 10.0 Å². The van der Waals surface area contributed by atoms with Crippen LogP contribution in [0.4, 0.5) is 5.69 Å². The maximum atomic E-state index is 6.15. The molecule has 0 fully saturated rings. The first-order valence-electron chi connectivity index (χ1n) is 6.50. The van der Waals surface area contributed by atoms with Crippen LogP contribution >= 0.6 is 23.2 Å². The molecule has 2 nitrogen and oxygen atoms in total. The second kappa shape index (κ2) is 5.84. The van der Waals surface area contributed by atoms with Crippen molar-refractivity contribution in [3.05, 3.63) is 70.2 Å². The van der Waals surface area contributed by atoms with Crippen LogP contribution in [-0.2, 0) is 6.61 Å². The van der Waals surface area contributed by atoms with Gasteiger partial charge in [-0.15, -0.1) is 0 Å². The molecule has 0 bridgehead atoms. The van der Waals surface area contributed by atoms with Crippen LogP contribution in [0.15, 0.2) is 54.6 Å². The van der Waals surface area contributed by atoms with E-state index in [-0.39, 0.29) is 0 Å². The third kappa shape index (κ3) is 2.78. The normalized spacial score (nSPS) is 10.8. The van der Waals surface area contributed by atoms with Crippen LogP contribution in [0.1, 0.15) is 5.56 Å². The molecular formula is C17H13Cl2NO. The molecule has 0 heterocycles. The van der Waals surface area contributed by atoms with E-state index in [9.17, 15) is 0 Å². The number of ether oxygens (including phenoxy) is 1. The highest BCUT2D eigenvalue weighted by Gasteiger charge is 2.09. The molecule has 0 aromatic heterocycles. The molecule has 21 heavy (non-hydrogen) atoms. The molecule has 3 rings (SSSR count). The first-order valence-corrected chi connectivity index (χ1v) is 7.25. The molecule has 4 heteroatoms. The zero-order chi connectivity index (χ0) is 14.8. The molecule has 0 radical (unpaired) electrons. The van der Waals surface area contributed by atoms with Gasteiger partial charge in [0.05, 0.1) is 0 Å². The van der Waals surface area contributed by atoms with E-state index in [1.165, 1.54) is 0 Å². The Morgan fingerprint density at radius 1 is 0.810 bits per heavy atom. The smallest absolute Gasteiger partial charge is 0.127 e. The van der Waals surface area contributed by atoms with Crippen molar-refractivity contribution in [2.45, 2.75) is 6.61 Å². The molecule has 2 N–H and O–H groups in total. The van der Waals surface area contributed by atoms with Crippen LogP contribution < -0.4 is 10.5 Å². The summed E-state index contributed by atoms with van der Waals surface area (Å²) in [4.78, 5) is 0. The first kappa shape index (κ1) is 14.1. The van der Waals surface area contributed by atoms with Crippen molar-refractivity contribution in [1.82, 2.24) is 0 Å². The lowest BCUT2D eigenvalue weighted by atomic mass is 10.1. The third-order valence-electron chi connectivity index (χ3n) is 3.35. The van der Waals surface area contributed by atoms with Crippen LogP contribution in [0, 0.1) is 0 Å². The van der Waals surface area contributed by atoms with E-state index in [1.807, 2.05) is 42.5 Å². The minimum Gasteiger partial charge on any atom is -0.488 e. The molecule has 0 amide bonds. The lowest BCUT2D eigenvalue weighted by Gasteiger charge is -2.12. The highest BCUT2D eigenvalue weighted by Crippen LogP contribution is 2.32. The van der Waals surface area contributed by atoms with Gasteiger partial charge in [0.1, 0.15) is 12.4 Å². The quantitative estimate of drug-likeness (QED) is 0.664. The third-order valence-corrected chi connectivity index (χ3v) is 4.06. The average Bonchev–Trinajstić information content (AvgIpc) is 2.49. The van der Waals surface area contributed by atoms with Gasteiger partial charge in [0, 0.05) is 32.1 Å². The monoisotopic (exact) mass is 317 g/mol. The lowest BCUT2D eigenvalue weighted by Crippen LogP contribution is -1.98. The molecule has 3 aromatic carbocycles. The Bertz CT molecular complexity index is 782. The van der Waals surface area contributed by atoms with Gasteiger partial charge in [0.25, 0.3) is 0 Å². The van der Waals surface area contributed by atoms with Crippen LogP contribution in [0.5, 0.6) is 5.75 Å². The Morgan fingerprint density at radius 2 is 1.48 bits per heavy atom. The number of nitrogens with two attached hydrogens (primary N) is 1. The van der Waals surface area contributed by atoms with Crippen LogP contribution in [-0.4, -0.2) is 0 Å². The number of fused-ring (bicyclic) bond motifs is 1. The van der Waals surface area contributed by atoms with Crippen molar-refractivity contribution < 1.29 is 4.74 Å². The number of hydrogen-bond donors (Lipinski definition) is 1. The average molecular weight is 318 g/mol. The predicted molar refractivity (Wildman–Crippen MR) is 89.2 cm³/mol. The van der Waals surface area contributed by atoms with Crippen molar-refractivity contribution in [3.8, 4) is 5.75 Å². The standard InChI is InChI=1S/C17H13Cl2NO/c18-14-6-3-7-15(19)13(14)10-21-17-9-8-16(20)11-4-1-2-5-12(11)17/h1-9H,10,20H2. The van der Waals surface area contributed by atoms with E-state index in [0.29, 0.717) is 16.7 Å². The van der Waals surface area contributed by atoms with Crippen LogP contribution in [0.3, 0.4) is 0 Å². The minimum absolute atomic E-state index is 0.312. The summed E-state index contributed by atoms with van der Waals surface area (Å²) in [7, 11) is 0. The molecular weight excluding hydrogens is 305 g/mol. The summed E-state index contributed by atoms with van der Waals surface area (Å²) in [5.41, 5.74) is 7.49. The molecule has 0 aliphatic carbocycles. The van der Waals surface area contributed by atoms with E-state index in [0.717, 1.165) is 27.8 Å². The summed E-state index contributed by atoms with van der Waals surface area (Å²) >= 11 is 12.3. The molecule has 106 valence electrons. The molecule has 0 saturated heterocycles. The van der Waals surface area contributed by atoms with E-state index in [4.69, 9.17) is 33.7 Å². The number of rotatable bonds is 3. The number of nitrogen functional groups attached to an aromatic ring is 1. The summed E-state index contributed by atoms with van der Waals surface area (Å²) < 4.78 is 5.90. The van der Waals surface area contributed by atoms with Gasteiger partial charge in [-0.1, -0.05) is 53.5 Å². The summed E-state index contributed by atoms with van der Waals surface area (Å²) in [5.74, 6) is 0.760. The summed E-state index contributed by atoms with van der Waals surface area (Å²) in [6, 6.07) is 17.0. The lowest BCUT2D eigenvalue weighted by molar-refractivity contribution is 0.310. The first-order chi connectivity index (χ1) is 10.2. The van der Waals surface area contributed by atoms with Gasteiger partial charge < -0.3 is 10.5 Å². The van der Waals surface area contributed by atoms with E-state index >= 15 is 0 Å². The molecule has 0 saturated carbocycles. The van der Waals surface area contributed by atoms with E-state index in [2.05, 4.69) is 0 Å². The molecule has 0 aliphatic heterocycles. The Hall–Kier alpha value is -1.90. The molecule has 0 unspecified atom stereocenters. The zero-order valence-corrected chi connectivity index (χ0v) is 12.7. The van der Waals surface area contributed by atoms with Gasteiger partial charge in [0.2, 0.25) is 0 Å². The van der Waals surface area contributed by atoms with Gasteiger partial charge in [-0.05, 0) is 24.3 Å². The summed E-state index contributed by atoms with van der Waals surface area (Å²) in [5, 5.41) is 3.14. The Balaban J connectivity index is 1.94. The Kier molecular flexibility index (Phi) is 3.91. The van der Waals surface area contributed by atoms with Gasteiger partial charge in [-0.3, -0.25) is 0 Å². The van der Waals surface area contributed by atoms with Gasteiger partial charge in [-0.2, -0.15) is 0 Å². The maximum Gasteiger partial charge on any atom is 0.127 e. The summed E-state index contributed by atoms with van der Waals surface area (Å²) in [6.07, 6.45) is 0. The number of benzene rings is 3. The molecule has 0 aliphatic rings. The van der Waals surface area contributed by atoms with Crippen LogP contribution in [0.25, 0.3) is 10.8 Å². The van der Waals surface area contributed by atoms with Gasteiger partial charge >= 0.3 is 0 Å². The van der Waals surface area contributed by atoms with Crippen molar-refractivity contribution in [3.63, 3.8) is 0 Å². The van der Waals surface area contributed by atoms with Crippen molar-refractivity contribution in [1.29, 1.82) is 0 Å². The van der Waals surface area contributed by atoms with Gasteiger partial charge in [0.15, 0.2) is 0 Å². The predicted octanol–water partition coefficient (Wildman–Crippen LogP) is 5.31. The van der Waals surface area contributed by atoms with Crippen molar-refractivity contribution in [2.75, 3.05) is 5.73 Å². The fourth-order valence-electron chi connectivity index (χ4n) is 2.24. The molecule has 0 spiro atoms. The largest absolute Gasteiger partial charge is 0.488 e. The van der Waals surface area contributed by atoms with Crippen molar-refractivity contribution in [2.24, 2.45) is 0 Å². The fourth-order valence-corrected chi connectivity index (χ4v) is 2.75. The topological polar surface area (TPSA) is 35.2 Å². The number of halogens is 2.